The van der Waals surface area contributed by atoms with E-state index in [1.54, 1.807) is 13.0 Å². The van der Waals surface area contributed by atoms with Crippen LogP contribution in [0, 0.1) is 0 Å². The zero-order chi connectivity index (χ0) is 8.48. The molecule has 1 atom stereocenters. The summed E-state index contributed by atoms with van der Waals surface area (Å²) in [6, 6.07) is 0. The van der Waals surface area contributed by atoms with Crippen LogP contribution in [0.2, 0.25) is 0 Å². The number of rotatable bonds is 1. The third kappa shape index (κ3) is 1.34. The van der Waals surface area contributed by atoms with Gasteiger partial charge in [0.25, 0.3) is 0 Å². The Labute approximate surface area is 66.5 Å². The molecule has 0 aromatic carbocycles. The van der Waals surface area contributed by atoms with Crippen molar-refractivity contribution in [2.24, 2.45) is 0 Å². The first-order chi connectivity index (χ1) is 5.08. The van der Waals surface area contributed by atoms with E-state index in [4.69, 9.17) is 4.74 Å². The van der Waals surface area contributed by atoms with Crippen LogP contribution in [0.15, 0.2) is 24.5 Å². The van der Waals surface area contributed by atoms with E-state index in [-0.39, 0.29) is 5.78 Å². The topological polar surface area (TPSA) is 26.3 Å². The van der Waals surface area contributed by atoms with Gasteiger partial charge in [-0.2, -0.15) is 0 Å². The Kier molecular flexibility index (Phi) is 1.85. The summed E-state index contributed by atoms with van der Waals surface area (Å²) in [5.74, 6) is 0.585. The molecule has 0 saturated heterocycles. The Morgan fingerprint density at radius 3 is 2.73 bits per heavy atom. The highest BCUT2D eigenvalue weighted by atomic mass is 16.5. The van der Waals surface area contributed by atoms with Crippen LogP contribution in [0.1, 0.15) is 20.3 Å². The third-order valence-corrected chi connectivity index (χ3v) is 1.97. The van der Waals surface area contributed by atoms with Crippen LogP contribution in [-0.4, -0.2) is 11.4 Å². The lowest BCUT2D eigenvalue weighted by Crippen LogP contribution is -2.38. The van der Waals surface area contributed by atoms with Gasteiger partial charge < -0.3 is 4.74 Å². The number of ketones is 1. The largest absolute Gasteiger partial charge is 0.480 e. The summed E-state index contributed by atoms with van der Waals surface area (Å²) in [6.07, 6.45) is 3.80. The summed E-state index contributed by atoms with van der Waals surface area (Å²) < 4.78 is 5.30. The fourth-order valence-corrected chi connectivity index (χ4v) is 0.965. The second-order valence-electron chi connectivity index (χ2n) is 2.85. The first-order valence-electron chi connectivity index (χ1n) is 3.69. The molecule has 0 saturated carbocycles. The summed E-state index contributed by atoms with van der Waals surface area (Å²) in [5, 5.41) is 0. The van der Waals surface area contributed by atoms with E-state index in [9.17, 15) is 4.79 Å². The number of hydrogen-bond donors (Lipinski definition) is 0. The van der Waals surface area contributed by atoms with Crippen molar-refractivity contribution in [2.45, 2.75) is 25.9 Å². The highest BCUT2D eigenvalue weighted by Gasteiger charge is 2.33. The van der Waals surface area contributed by atoms with Crippen LogP contribution >= 0.6 is 0 Å². The lowest BCUT2D eigenvalue weighted by atomic mass is 9.95. The molecule has 0 radical (unpaired) electrons. The minimum atomic E-state index is -0.675. The van der Waals surface area contributed by atoms with Crippen LogP contribution < -0.4 is 0 Å². The van der Waals surface area contributed by atoms with Gasteiger partial charge in [-0.25, -0.2) is 0 Å². The maximum Gasteiger partial charge on any atom is 0.199 e. The molecule has 0 N–H and O–H groups in total. The van der Waals surface area contributed by atoms with Gasteiger partial charge >= 0.3 is 0 Å². The highest BCUT2D eigenvalue weighted by Crippen LogP contribution is 2.24. The first-order valence-corrected chi connectivity index (χ1v) is 3.69. The van der Waals surface area contributed by atoms with E-state index in [1.165, 1.54) is 6.08 Å². The van der Waals surface area contributed by atoms with Gasteiger partial charge in [-0.1, -0.05) is 13.5 Å². The molecule has 0 aliphatic carbocycles. The SMILES string of the molecule is C=C1C=CC(=O)C(C)(CC)O1. The van der Waals surface area contributed by atoms with Gasteiger partial charge in [0, 0.05) is 0 Å². The van der Waals surface area contributed by atoms with E-state index in [2.05, 4.69) is 6.58 Å². The molecule has 0 bridgehead atoms. The minimum Gasteiger partial charge on any atom is -0.480 e. The van der Waals surface area contributed by atoms with E-state index in [0.717, 1.165) is 0 Å². The molecule has 2 heteroatoms. The number of allylic oxidation sites excluding steroid dienone is 1. The van der Waals surface area contributed by atoms with Crippen molar-refractivity contribution in [1.29, 1.82) is 0 Å². The third-order valence-electron chi connectivity index (χ3n) is 1.97. The summed E-state index contributed by atoms with van der Waals surface area (Å²) >= 11 is 0. The average Bonchev–Trinajstić information content (AvgIpc) is 1.98. The Bertz CT molecular complexity index is 228. The van der Waals surface area contributed by atoms with Crippen molar-refractivity contribution in [3.05, 3.63) is 24.5 Å². The molecular formula is C9H12O2. The summed E-state index contributed by atoms with van der Waals surface area (Å²) in [5.41, 5.74) is -0.675. The number of carbonyl (C=O) groups excluding carboxylic acids is 1. The smallest absolute Gasteiger partial charge is 0.199 e. The molecule has 1 aliphatic rings. The van der Waals surface area contributed by atoms with Crippen LogP contribution in [0.5, 0.6) is 0 Å². The molecule has 0 spiro atoms. The van der Waals surface area contributed by atoms with Crippen molar-refractivity contribution < 1.29 is 9.53 Å². The Balaban J connectivity index is 2.92. The van der Waals surface area contributed by atoms with Crippen LogP contribution in [-0.2, 0) is 9.53 Å². The maximum atomic E-state index is 11.2. The van der Waals surface area contributed by atoms with E-state index in [1.807, 2.05) is 6.92 Å². The second kappa shape index (κ2) is 2.53. The molecule has 0 aromatic heterocycles. The van der Waals surface area contributed by atoms with E-state index < -0.39 is 5.60 Å². The number of hydrogen-bond acceptors (Lipinski definition) is 2. The fourth-order valence-electron chi connectivity index (χ4n) is 0.965. The van der Waals surface area contributed by atoms with Gasteiger partial charge in [-0.15, -0.1) is 0 Å². The Hall–Kier alpha value is -1.05. The van der Waals surface area contributed by atoms with E-state index >= 15 is 0 Å². The fraction of sp³-hybridized carbons (Fsp3) is 0.444. The summed E-state index contributed by atoms with van der Waals surface area (Å²) in [4.78, 5) is 11.2. The second-order valence-corrected chi connectivity index (χ2v) is 2.85. The van der Waals surface area contributed by atoms with Gasteiger partial charge in [0.05, 0.1) is 0 Å². The van der Waals surface area contributed by atoms with Crippen LogP contribution in [0.4, 0.5) is 0 Å². The number of carbonyl (C=O) groups is 1. The minimum absolute atomic E-state index is 0.0207. The van der Waals surface area contributed by atoms with Crippen molar-refractivity contribution in [3.8, 4) is 0 Å². The predicted octanol–water partition coefficient (Wildman–Crippen LogP) is 1.82. The maximum absolute atomic E-state index is 11.2. The lowest BCUT2D eigenvalue weighted by Gasteiger charge is -2.29. The summed E-state index contributed by atoms with van der Waals surface area (Å²) in [7, 11) is 0. The summed E-state index contributed by atoms with van der Waals surface area (Å²) in [6.45, 7) is 7.33. The predicted molar refractivity (Wildman–Crippen MR) is 43.1 cm³/mol. The van der Waals surface area contributed by atoms with Crippen LogP contribution in [0.25, 0.3) is 0 Å². The van der Waals surface area contributed by atoms with Gasteiger partial charge in [0.15, 0.2) is 11.4 Å². The normalized spacial score (nSPS) is 30.4. The lowest BCUT2D eigenvalue weighted by molar-refractivity contribution is -0.133. The highest BCUT2D eigenvalue weighted by molar-refractivity contribution is 5.98. The Morgan fingerprint density at radius 1 is 1.64 bits per heavy atom. The zero-order valence-corrected chi connectivity index (χ0v) is 6.89. The Morgan fingerprint density at radius 2 is 2.27 bits per heavy atom. The quantitative estimate of drug-likeness (QED) is 0.573. The molecule has 1 rings (SSSR count). The van der Waals surface area contributed by atoms with Gasteiger partial charge in [0.1, 0.15) is 5.76 Å². The molecule has 1 heterocycles. The standard InChI is InChI=1S/C9H12O2/c1-4-9(3)8(10)6-5-7(2)11-9/h5-6H,2,4H2,1,3H3. The van der Waals surface area contributed by atoms with Crippen molar-refractivity contribution in [3.63, 3.8) is 0 Å². The van der Waals surface area contributed by atoms with Gasteiger partial charge in [0.2, 0.25) is 0 Å². The molecule has 1 unspecified atom stereocenters. The van der Waals surface area contributed by atoms with Gasteiger partial charge in [-0.3, -0.25) is 4.79 Å². The molecule has 60 valence electrons. The molecule has 2 nitrogen and oxygen atoms in total. The average molecular weight is 152 g/mol. The monoisotopic (exact) mass is 152 g/mol. The van der Waals surface area contributed by atoms with E-state index in [0.29, 0.717) is 12.2 Å². The zero-order valence-electron chi connectivity index (χ0n) is 6.89. The molecule has 11 heavy (non-hydrogen) atoms. The van der Waals surface area contributed by atoms with Crippen molar-refractivity contribution in [1.82, 2.24) is 0 Å². The van der Waals surface area contributed by atoms with Crippen molar-refractivity contribution in [2.75, 3.05) is 0 Å². The first kappa shape index (κ1) is 8.05. The number of ether oxygens (including phenoxy) is 1. The molecule has 1 aliphatic heterocycles. The molecule has 0 fully saturated rings. The molecule has 0 amide bonds. The van der Waals surface area contributed by atoms with Crippen LogP contribution in [0.3, 0.4) is 0 Å². The van der Waals surface area contributed by atoms with Crippen molar-refractivity contribution >= 4 is 5.78 Å². The van der Waals surface area contributed by atoms with Gasteiger partial charge in [-0.05, 0) is 25.5 Å². The molecular weight excluding hydrogens is 140 g/mol. The molecule has 0 aromatic rings.